The Hall–Kier alpha value is -2.26. The predicted octanol–water partition coefficient (Wildman–Crippen LogP) is 5.54. The van der Waals surface area contributed by atoms with Crippen molar-refractivity contribution in [1.29, 1.82) is 0 Å². The maximum atomic E-state index is 6.44. The van der Waals surface area contributed by atoms with Gasteiger partial charge in [0.25, 0.3) is 0 Å². The summed E-state index contributed by atoms with van der Waals surface area (Å²) in [4.78, 5) is 1.24. The van der Waals surface area contributed by atoms with Crippen molar-refractivity contribution >= 4 is 22.0 Å². The minimum absolute atomic E-state index is 0.0147. The molecule has 0 bridgehead atoms. The fraction of sp³-hybridized carbons (Fsp3) is 0.200. The first-order chi connectivity index (χ1) is 10.9. The highest BCUT2D eigenvalue weighted by Gasteiger charge is 2.28. The third kappa shape index (κ3) is 2.97. The molecule has 0 unspecified atom stereocenters. The van der Waals surface area contributed by atoms with Gasteiger partial charge >= 0.3 is 0 Å². The van der Waals surface area contributed by atoms with Crippen molar-refractivity contribution in [3.8, 4) is 21.6 Å². The van der Waals surface area contributed by atoms with Crippen LogP contribution in [0, 0.1) is 0 Å². The van der Waals surface area contributed by atoms with Gasteiger partial charge in [0.2, 0.25) is 0 Å². The molecule has 0 aliphatic heterocycles. The van der Waals surface area contributed by atoms with Crippen LogP contribution in [0.3, 0.4) is 0 Å². The van der Waals surface area contributed by atoms with Crippen LogP contribution in [0.5, 0.6) is 0 Å². The first kappa shape index (κ1) is 15.6. The van der Waals surface area contributed by atoms with Gasteiger partial charge < -0.3 is 11.5 Å². The molecule has 118 valence electrons. The first-order valence-corrected chi connectivity index (χ1v) is 8.53. The topological polar surface area (TPSA) is 52.0 Å². The Kier molecular flexibility index (Phi) is 3.90. The SMILES string of the molecule is CC(C)(C)c1c(-c2ccccc2)sc(N)c1-c1cccc(N)c1. The standard InChI is InChI=1S/C20H22N2S/c1-20(2,3)17-16(14-10-7-11-15(21)12-14)19(22)23-18(17)13-8-5-4-6-9-13/h4-12H,21-22H2,1-3H3. The van der Waals surface area contributed by atoms with Gasteiger partial charge in [0.1, 0.15) is 0 Å². The van der Waals surface area contributed by atoms with E-state index in [4.69, 9.17) is 11.5 Å². The molecule has 0 aliphatic carbocycles. The van der Waals surface area contributed by atoms with E-state index in [-0.39, 0.29) is 5.41 Å². The lowest BCUT2D eigenvalue weighted by atomic mass is 9.81. The molecule has 1 aromatic heterocycles. The normalized spacial score (nSPS) is 11.6. The Labute approximate surface area is 141 Å². The molecule has 0 saturated carbocycles. The smallest absolute Gasteiger partial charge is 0.0945 e. The zero-order valence-electron chi connectivity index (χ0n) is 13.8. The van der Waals surface area contributed by atoms with E-state index in [1.54, 1.807) is 11.3 Å². The summed E-state index contributed by atoms with van der Waals surface area (Å²) in [5.74, 6) is 0. The highest BCUT2D eigenvalue weighted by atomic mass is 32.1. The van der Waals surface area contributed by atoms with Crippen molar-refractivity contribution in [2.75, 3.05) is 11.5 Å². The van der Waals surface area contributed by atoms with Crippen LogP contribution >= 0.6 is 11.3 Å². The summed E-state index contributed by atoms with van der Waals surface area (Å²) >= 11 is 1.66. The summed E-state index contributed by atoms with van der Waals surface area (Å²) in [6, 6.07) is 18.4. The number of rotatable bonds is 2. The van der Waals surface area contributed by atoms with Crippen molar-refractivity contribution < 1.29 is 0 Å². The molecule has 2 aromatic carbocycles. The molecule has 0 aliphatic rings. The van der Waals surface area contributed by atoms with Gasteiger partial charge in [-0.05, 0) is 34.2 Å². The van der Waals surface area contributed by atoms with Gasteiger partial charge in [0.05, 0.1) is 5.00 Å². The molecule has 23 heavy (non-hydrogen) atoms. The third-order valence-corrected chi connectivity index (χ3v) is 4.96. The average Bonchev–Trinajstić information content (AvgIpc) is 2.86. The quantitative estimate of drug-likeness (QED) is 0.608. The van der Waals surface area contributed by atoms with Crippen molar-refractivity contribution in [3.63, 3.8) is 0 Å². The van der Waals surface area contributed by atoms with Gasteiger partial charge in [-0.15, -0.1) is 11.3 Å². The molecule has 0 radical (unpaired) electrons. The number of nitrogen functional groups attached to an aromatic ring is 2. The van der Waals surface area contributed by atoms with Crippen molar-refractivity contribution in [1.82, 2.24) is 0 Å². The predicted molar refractivity (Wildman–Crippen MR) is 103 cm³/mol. The van der Waals surface area contributed by atoms with E-state index >= 15 is 0 Å². The molecule has 4 N–H and O–H groups in total. The summed E-state index contributed by atoms with van der Waals surface area (Å²) in [7, 11) is 0. The van der Waals surface area contributed by atoms with Gasteiger partial charge in [0, 0.05) is 16.1 Å². The minimum Gasteiger partial charge on any atom is -0.399 e. The molecular weight excluding hydrogens is 300 g/mol. The van der Waals surface area contributed by atoms with Gasteiger partial charge in [-0.25, -0.2) is 0 Å². The third-order valence-electron chi connectivity index (χ3n) is 3.90. The summed E-state index contributed by atoms with van der Waals surface area (Å²) in [6.07, 6.45) is 0. The van der Waals surface area contributed by atoms with Crippen LogP contribution in [-0.4, -0.2) is 0 Å². The maximum Gasteiger partial charge on any atom is 0.0945 e. The Morgan fingerprint density at radius 1 is 0.826 bits per heavy atom. The number of hydrogen-bond donors (Lipinski definition) is 2. The largest absolute Gasteiger partial charge is 0.399 e. The van der Waals surface area contributed by atoms with Crippen molar-refractivity contribution in [2.45, 2.75) is 26.2 Å². The van der Waals surface area contributed by atoms with E-state index in [9.17, 15) is 0 Å². The van der Waals surface area contributed by atoms with E-state index in [1.165, 1.54) is 16.0 Å². The summed E-state index contributed by atoms with van der Waals surface area (Å²) in [5, 5.41) is 0.847. The molecular formula is C20H22N2S. The molecule has 0 spiro atoms. The molecule has 3 rings (SSSR count). The van der Waals surface area contributed by atoms with E-state index in [0.29, 0.717) is 0 Å². The second-order valence-electron chi connectivity index (χ2n) is 6.79. The number of anilines is 2. The van der Waals surface area contributed by atoms with Crippen LogP contribution in [0.15, 0.2) is 54.6 Å². The zero-order valence-corrected chi connectivity index (χ0v) is 14.6. The van der Waals surface area contributed by atoms with Crippen LogP contribution in [-0.2, 0) is 5.41 Å². The molecule has 0 saturated heterocycles. The highest BCUT2D eigenvalue weighted by molar-refractivity contribution is 7.20. The first-order valence-electron chi connectivity index (χ1n) is 7.72. The molecule has 3 aromatic rings. The Bertz CT molecular complexity index is 827. The van der Waals surface area contributed by atoms with Gasteiger partial charge in [-0.1, -0.05) is 63.2 Å². The highest BCUT2D eigenvalue weighted by Crippen LogP contribution is 2.49. The Morgan fingerprint density at radius 2 is 1.48 bits per heavy atom. The molecule has 0 fully saturated rings. The number of hydrogen-bond acceptors (Lipinski definition) is 3. The van der Waals surface area contributed by atoms with Crippen LogP contribution in [0.4, 0.5) is 10.7 Å². The van der Waals surface area contributed by atoms with Crippen LogP contribution in [0.25, 0.3) is 21.6 Å². The molecule has 0 atom stereocenters. The minimum atomic E-state index is -0.0147. The molecule has 2 nitrogen and oxygen atoms in total. The van der Waals surface area contributed by atoms with Crippen LogP contribution < -0.4 is 11.5 Å². The van der Waals surface area contributed by atoms with Crippen molar-refractivity contribution in [3.05, 3.63) is 60.2 Å². The number of thiophene rings is 1. The molecule has 0 amide bonds. The Morgan fingerprint density at radius 3 is 2.09 bits per heavy atom. The van der Waals surface area contributed by atoms with Crippen LogP contribution in [0.1, 0.15) is 26.3 Å². The van der Waals surface area contributed by atoms with E-state index < -0.39 is 0 Å². The number of benzene rings is 2. The van der Waals surface area contributed by atoms with Crippen LogP contribution in [0.2, 0.25) is 0 Å². The van der Waals surface area contributed by atoms with Gasteiger partial charge in [-0.3, -0.25) is 0 Å². The lowest BCUT2D eigenvalue weighted by Gasteiger charge is -2.23. The second-order valence-corrected chi connectivity index (χ2v) is 7.84. The van der Waals surface area contributed by atoms with Crippen molar-refractivity contribution in [2.24, 2.45) is 0 Å². The molecule has 3 heteroatoms. The average molecular weight is 322 g/mol. The van der Waals surface area contributed by atoms with Gasteiger partial charge in [-0.2, -0.15) is 0 Å². The Balaban J connectivity index is 2.31. The zero-order chi connectivity index (χ0) is 16.6. The lowest BCUT2D eigenvalue weighted by molar-refractivity contribution is 0.596. The van der Waals surface area contributed by atoms with E-state index in [0.717, 1.165) is 21.8 Å². The summed E-state index contributed by atoms with van der Waals surface area (Å²) in [5.41, 5.74) is 17.9. The summed E-state index contributed by atoms with van der Waals surface area (Å²) < 4.78 is 0. The fourth-order valence-corrected chi connectivity index (χ4v) is 4.24. The van der Waals surface area contributed by atoms with E-state index in [1.807, 2.05) is 24.3 Å². The monoisotopic (exact) mass is 322 g/mol. The van der Waals surface area contributed by atoms with E-state index in [2.05, 4.69) is 51.1 Å². The maximum absolute atomic E-state index is 6.44. The summed E-state index contributed by atoms with van der Waals surface area (Å²) in [6.45, 7) is 6.70. The number of nitrogens with two attached hydrogens (primary N) is 2. The molecule has 1 heterocycles. The van der Waals surface area contributed by atoms with Gasteiger partial charge in [0.15, 0.2) is 0 Å². The second kappa shape index (κ2) is 5.74. The fourth-order valence-electron chi connectivity index (χ4n) is 2.94. The lowest BCUT2D eigenvalue weighted by Crippen LogP contribution is -2.13.